The second-order valence-electron chi connectivity index (χ2n) is 9.87. The van der Waals surface area contributed by atoms with Gasteiger partial charge in [-0.2, -0.15) is 18.2 Å². The molecule has 31 heavy (non-hydrogen) atoms. The third kappa shape index (κ3) is 5.27. The Morgan fingerprint density at radius 3 is 2.10 bits per heavy atom. The molecule has 0 spiro atoms. The van der Waals surface area contributed by atoms with Crippen molar-refractivity contribution in [3.05, 3.63) is 5.82 Å². The Kier molecular flexibility index (Phi) is 6.82. The maximum atomic E-state index is 12.8. The Balaban J connectivity index is 0.00000272. The zero-order valence-corrected chi connectivity index (χ0v) is 18.9. The fraction of sp³-hybridized carbons (Fsp3) is 0.850. The van der Waals surface area contributed by atoms with Crippen molar-refractivity contribution in [3.8, 4) is 0 Å². The van der Waals surface area contributed by atoms with E-state index in [1.165, 1.54) is 0 Å². The van der Waals surface area contributed by atoms with Gasteiger partial charge in [0.1, 0.15) is 0 Å². The van der Waals surface area contributed by atoms with Gasteiger partial charge in [0.15, 0.2) is 0 Å². The van der Waals surface area contributed by atoms with E-state index >= 15 is 0 Å². The highest BCUT2D eigenvalue weighted by Crippen LogP contribution is 2.41. The lowest BCUT2D eigenvalue weighted by molar-refractivity contribution is -0.146. The Morgan fingerprint density at radius 2 is 1.61 bits per heavy atom. The number of alkyl halides is 3. The van der Waals surface area contributed by atoms with E-state index in [4.69, 9.17) is 4.52 Å². The number of halogens is 4. The van der Waals surface area contributed by atoms with Gasteiger partial charge in [-0.15, -0.1) is 12.4 Å². The number of likely N-dealkylation sites (tertiary alicyclic amines) is 1. The first-order valence-electron chi connectivity index (χ1n) is 10.8. The van der Waals surface area contributed by atoms with Gasteiger partial charge in [-0.1, -0.05) is 0 Å². The topological polar surface area (TPSA) is 74.5 Å². The van der Waals surface area contributed by atoms with E-state index in [2.05, 4.69) is 20.4 Å². The molecule has 176 valence electrons. The van der Waals surface area contributed by atoms with E-state index < -0.39 is 12.0 Å². The van der Waals surface area contributed by atoms with E-state index in [1.54, 1.807) is 0 Å². The molecule has 2 bridgehead atoms. The summed E-state index contributed by atoms with van der Waals surface area (Å²) in [6.45, 7) is 7.73. The molecule has 3 aliphatic rings. The van der Waals surface area contributed by atoms with Crippen LogP contribution in [-0.2, 0) is 11.0 Å². The average Bonchev–Trinajstić information content (AvgIpc) is 3.22. The van der Waals surface area contributed by atoms with Crippen LogP contribution in [0.15, 0.2) is 4.52 Å². The maximum Gasteiger partial charge on any atom is 0.455 e. The summed E-state index contributed by atoms with van der Waals surface area (Å²) in [5.41, 5.74) is -0.221. The SMILES string of the molecule is CC(C)(C)NC(=O)C1CCN(C2C[C@H]3CC[C@H](C2)N3c2nc(C(F)(F)F)no2)CC1.Cl. The number of piperidine rings is 2. The summed E-state index contributed by atoms with van der Waals surface area (Å²) in [6, 6.07) is 0.621. The van der Waals surface area contributed by atoms with Crippen molar-refractivity contribution < 1.29 is 22.5 Å². The number of nitrogens with one attached hydrogen (secondary N) is 1. The number of amides is 1. The average molecular weight is 466 g/mol. The quantitative estimate of drug-likeness (QED) is 0.734. The van der Waals surface area contributed by atoms with Crippen LogP contribution in [0.5, 0.6) is 0 Å². The Morgan fingerprint density at radius 1 is 1.03 bits per heavy atom. The fourth-order valence-corrected chi connectivity index (χ4v) is 5.19. The molecule has 3 fully saturated rings. The number of aromatic nitrogens is 2. The third-order valence-corrected chi connectivity index (χ3v) is 6.51. The van der Waals surface area contributed by atoms with Crippen LogP contribution < -0.4 is 10.2 Å². The molecule has 0 aliphatic carbocycles. The molecular formula is C20H31ClF3N5O2. The summed E-state index contributed by atoms with van der Waals surface area (Å²) < 4.78 is 43.4. The predicted molar refractivity (Wildman–Crippen MR) is 111 cm³/mol. The Bertz CT molecular complexity index is 760. The zero-order chi connectivity index (χ0) is 21.7. The zero-order valence-electron chi connectivity index (χ0n) is 18.1. The number of carbonyl (C=O) groups is 1. The van der Waals surface area contributed by atoms with Gasteiger partial charge in [-0.25, -0.2) is 0 Å². The predicted octanol–water partition coefficient (Wildman–Crippen LogP) is 3.64. The number of hydrogen-bond acceptors (Lipinski definition) is 6. The van der Waals surface area contributed by atoms with Gasteiger partial charge < -0.3 is 19.6 Å². The van der Waals surface area contributed by atoms with Crippen molar-refractivity contribution in [1.29, 1.82) is 0 Å². The van der Waals surface area contributed by atoms with Crippen LogP contribution in [0.25, 0.3) is 0 Å². The standard InChI is InChI=1S/C20H30F3N5O2.ClH/c1-19(2,3)25-16(29)12-6-8-27(9-7-12)15-10-13-4-5-14(11-15)28(13)18-24-17(26-30-18)20(21,22)23;/h12-15H,4-11H2,1-3H3,(H,25,29);1H/t13-,14-;/m1./s1. The van der Waals surface area contributed by atoms with Crippen LogP contribution in [-0.4, -0.2) is 57.7 Å². The molecule has 2 atom stereocenters. The summed E-state index contributed by atoms with van der Waals surface area (Å²) >= 11 is 0. The maximum absolute atomic E-state index is 12.8. The molecule has 0 saturated carbocycles. The summed E-state index contributed by atoms with van der Waals surface area (Å²) in [5.74, 6) is -1.03. The third-order valence-electron chi connectivity index (χ3n) is 6.51. The fourth-order valence-electron chi connectivity index (χ4n) is 5.19. The van der Waals surface area contributed by atoms with Crippen molar-refractivity contribution >= 4 is 24.3 Å². The second-order valence-corrected chi connectivity index (χ2v) is 9.87. The van der Waals surface area contributed by atoms with E-state index in [1.807, 2.05) is 25.7 Å². The van der Waals surface area contributed by atoms with Crippen molar-refractivity contribution in [3.63, 3.8) is 0 Å². The summed E-state index contributed by atoms with van der Waals surface area (Å²) in [4.78, 5) is 20.4. The lowest BCUT2D eigenvalue weighted by Gasteiger charge is -2.44. The molecular weight excluding hydrogens is 435 g/mol. The Hall–Kier alpha value is -1.55. The van der Waals surface area contributed by atoms with Crippen molar-refractivity contribution in [2.75, 3.05) is 18.0 Å². The molecule has 11 heteroatoms. The number of anilines is 1. The molecule has 4 heterocycles. The van der Waals surface area contributed by atoms with E-state index in [0.29, 0.717) is 6.04 Å². The molecule has 3 aliphatic heterocycles. The minimum absolute atomic E-state index is 0. The lowest BCUT2D eigenvalue weighted by atomic mass is 9.90. The van der Waals surface area contributed by atoms with Crippen LogP contribution in [0.1, 0.15) is 65.1 Å². The summed E-state index contributed by atoms with van der Waals surface area (Å²) in [5, 5.41) is 6.19. The largest absolute Gasteiger partial charge is 0.455 e. The van der Waals surface area contributed by atoms with Crippen molar-refractivity contribution in [1.82, 2.24) is 20.4 Å². The van der Waals surface area contributed by atoms with E-state index in [0.717, 1.165) is 51.6 Å². The highest BCUT2D eigenvalue weighted by atomic mass is 35.5. The van der Waals surface area contributed by atoms with Crippen LogP contribution in [0, 0.1) is 5.92 Å². The molecule has 1 aromatic rings. The molecule has 4 rings (SSSR count). The minimum atomic E-state index is -4.59. The lowest BCUT2D eigenvalue weighted by Crippen LogP contribution is -2.53. The molecule has 0 radical (unpaired) electrons. The highest BCUT2D eigenvalue weighted by Gasteiger charge is 2.46. The normalized spacial score (nSPS) is 27.8. The van der Waals surface area contributed by atoms with Gasteiger partial charge in [0.05, 0.1) is 0 Å². The van der Waals surface area contributed by atoms with Crippen LogP contribution >= 0.6 is 12.4 Å². The van der Waals surface area contributed by atoms with Gasteiger partial charge in [0, 0.05) is 29.6 Å². The first kappa shape index (κ1) is 24.1. The second kappa shape index (κ2) is 8.77. The monoisotopic (exact) mass is 465 g/mol. The number of hydrogen-bond donors (Lipinski definition) is 1. The first-order valence-corrected chi connectivity index (χ1v) is 10.8. The molecule has 0 unspecified atom stereocenters. The highest BCUT2D eigenvalue weighted by molar-refractivity contribution is 5.85. The number of nitrogens with zero attached hydrogens (tertiary/aromatic N) is 4. The molecule has 1 amide bonds. The van der Waals surface area contributed by atoms with Gasteiger partial charge in [-0.05, 0) is 77.5 Å². The smallest absolute Gasteiger partial charge is 0.351 e. The first-order chi connectivity index (χ1) is 14.0. The molecule has 1 N–H and O–H groups in total. The van der Waals surface area contributed by atoms with Gasteiger partial charge in [-0.3, -0.25) is 4.79 Å². The van der Waals surface area contributed by atoms with Gasteiger partial charge in [0.25, 0.3) is 5.82 Å². The van der Waals surface area contributed by atoms with Crippen molar-refractivity contribution in [2.24, 2.45) is 5.92 Å². The summed E-state index contributed by atoms with van der Waals surface area (Å²) in [7, 11) is 0. The molecule has 1 aromatic heterocycles. The number of rotatable bonds is 3. The van der Waals surface area contributed by atoms with Crippen molar-refractivity contribution in [2.45, 2.75) is 89.1 Å². The van der Waals surface area contributed by atoms with Gasteiger partial charge >= 0.3 is 12.2 Å². The van der Waals surface area contributed by atoms with Crippen LogP contribution in [0.3, 0.4) is 0 Å². The van der Waals surface area contributed by atoms with E-state index in [9.17, 15) is 18.0 Å². The minimum Gasteiger partial charge on any atom is -0.351 e. The number of carbonyl (C=O) groups excluding carboxylic acids is 1. The Labute approximate surface area is 186 Å². The molecule has 3 saturated heterocycles. The van der Waals surface area contributed by atoms with Gasteiger partial charge in [0.2, 0.25) is 5.91 Å². The van der Waals surface area contributed by atoms with Crippen LogP contribution in [0.2, 0.25) is 0 Å². The number of fused-ring (bicyclic) bond motifs is 2. The van der Waals surface area contributed by atoms with Crippen LogP contribution in [0.4, 0.5) is 19.2 Å². The van der Waals surface area contributed by atoms with E-state index in [-0.39, 0.29) is 47.9 Å². The molecule has 0 aromatic carbocycles. The molecule has 7 nitrogen and oxygen atoms in total. The summed E-state index contributed by atoms with van der Waals surface area (Å²) in [6.07, 6.45) is 0.692.